The summed E-state index contributed by atoms with van der Waals surface area (Å²) >= 11 is 3.20. The van der Waals surface area contributed by atoms with Crippen molar-refractivity contribution in [3.8, 4) is 0 Å². The first-order valence-electron chi connectivity index (χ1n) is 4.46. The fourth-order valence-electron chi connectivity index (χ4n) is 1.28. The third-order valence-corrected chi connectivity index (χ3v) is 2.36. The molecule has 76 valence electrons. The zero-order chi connectivity index (χ0) is 10.7. The van der Waals surface area contributed by atoms with E-state index in [1.807, 2.05) is 6.07 Å². The van der Waals surface area contributed by atoms with Gasteiger partial charge in [-0.3, -0.25) is 0 Å². The van der Waals surface area contributed by atoms with Gasteiger partial charge in [0.1, 0.15) is 5.82 Å². The van der Waals surface area contributed by atoms with Crippen LogP contribution in [0.15, 0.2) is 41.3 Å². The number of halogens is 2. The average molecular weight is 267 g/mol. The van der Waals surface area contributed by atoms with Gasteiger partial charge in [0.25, 0.3) is 0 Å². The maximum Gasteiger partial charge on any atom is 0.196 e. The second-order valence-electron chi connectivity index (χ2n) is 3.12. The van der Waals surface area contributed by atoms with E-state index in [1.165, 1.54) is 12.1 Å². The number of hydrogen-bond donors (Lipinski definition) is 0. The number of benzene rings is 1. The van der Waals surface area contributed by atoms with Crippen molar-refractivity contribution in [1.82, 2.24) is 9.97 Å². The molecule has 0 atom stereocenters. The molecule has 4 heteroatoms. The number of rotatable bonds is 2. The number of hydrogen-bond acceptors (Lipinski definition) is 2. The van der Waals surface area contributed by atoms with E-state index in [0.29, 0.717) is 11.2 Å². The summed E-state index contributed by atoms with van der Waals surface area (Å²) in [5.74, 6) is -0.220. The molecule has 1 heterocycles. The van der Waals surface area contributed by atoms with Crippen molar-refractivity contribution in [1.29, 1.82) is 0 Å². The molecule has 0 bridgehead atoms. The molecule has 0 amide bonds. The first kappa shape index (κ1) is 10.2. The monoisotopic (exact) mass is 266 g/mol. The van der Waals surface area contributed by atoms with E-state index in [0.717, 1.165) is 11.3 Å². The topological polar surface area (TPSA) is 25.8 Å². The molecule has 2 nitrogen and oxygen atoms in total. The largest absolute Gasteiger partial charge is 0.231 e. The first-order chi connectivity index (χ1) is 7.24. The Morgan fingerprint density at radius 3 is 2.53 bits per heavy atom. The Hall–Kier alpha value is -1.29. The first-order valence-corrected chi connectivity index (χ1v) is 5.25. The summed E-state index contributed by atoms with van der Waals surface area (Å²) in [7, 11) is 0. The lowest BCUT2D eigenvalue weighted by molar-refractivity contribution is 0.627. The van der Waals surface area contributed by atoms with Crippen molar-refractivity contribution < 1.29 is 4.39 Å². The lowest BCUT2D eigenvalue weighted by Crippen LogP contribution is -1.93. The van der Waals surface area contributed by atoms with Gasteiger partial charge in [0.05, 0.1) is 0 Å². The van der Waals surface area contributed by atoms with Gasteiger partial charge in [0, 0.05) is 18.3 Å². The van der Waals surface area contributed by atoms with Crippen molar-refractivity contribution in [2.24, 2.45) is 0 Å². The molecule has 1 aromatic heterocycles. The predicted octanol–water partition coefficient (Wildman–Crippen LogP) is 2.97. The van der Waals surface area contributed by atoms with Crippen molar-refractivity contribution in [2.75, 3.05) is 0 Å². The lowest BCUT2D eigenvalue weighted by Gasteiger charge is -2.00. The van der Waals surface area contributed by atoms with Gasteiger partial charge in [-0.05, 0) is 39.7 Å². The Morgan fingerprint density at radius 1 is 1.13 bits per heavy atom. The molecule has 0 fully saturated rings. The van der Waals surface area contributed by atoms with Gasteiger partial charge in [-0.1, -0.05) is 12.1 Å². The highest BCUT2D eigenvalue weighted by Gasteiger charge is 1.99. The quantitative estimate of drug-likeness (QED) is 0.782. The van der Waals surface area contributed by atoms with Crippen molar-refractivity contribution >= 4 is 15.9 Å². The maximum absolute atomic E-state index is 12.7. The van der Waals surface area contributed by atoms with Crippen LogP contribution in [0.2, 0.25) is 0 Å². The maximum atomic E-state index is 12.7. The van der Waals surface area contributed by atoms with Gasteiger partial charge < -0.3 is 0 Å². The standard InChI is InChI=1S/C11H8BrFN2/c12-11-14-6-5-10(15-11)7-8-1-3-9(13)4-2-8/h1-6H,7H2. The molecular formula is C11H8BrFN2. The van der Waals surface area contributed by atoms with E-state index in [9.17, 15) is 4.39 Å². The molecule has 0 unspecified atom stereocenters. The minimum atomic E-state index is -0.220. The normalized spacial score (nSPS) is 10.3. The SMILES string of the molecule is Fc1ccc(Cc2ccnc(Br)n2)cc1. The Kier molecular flexibility index (Phi) is 3.06. The second-order valence-corrected chi connectivity index (χ2v) is 3.83. The van der Waals surface area contributed by atoms with E-state index < -0.39 is 0 Å². The van der Waals surface area contributed by atoms with Crippen molar-refractivity contribution in [3.63, 3.8) is 0 Å². The Bertz CT molecular complexity index is 456. The average Bonchev–Trinajstić information content (AvgIpc) is 2.22. The molecule has 0 radical (unpaired) electrons. The fourth-order valence-corrected chi connectivity index (χ4v) is 1.63. The highest BCUT2D eigenvalue weighted by molar-refractivity contribution is 9.10. The highest BCUT2D eigenvalue weighted by atomic mass is 79.9. The smallest absolute Gasteiger partial charge is 0.196 e. The van der Waals surface area contributed by atoms with Crippen LogP contribution >= 0.6 is 15.9 Å². The number of nitrogens with zero attached hydrogens (tertiary/aromatic N) is 2. The lowest BCUT2D eigenvalue weighted by atomic mass is 10.1. The van der Waals surface area contributed by atoms with Crippen LogP contribution in [-0.2, 0) is 6.42 Å². The molecule has 0 N–H and O–H groups in total. The molecule has 0 aliphatic rings. The van der Waals surface area contributed by atoms with Crippen LogP contribution in [0.1, 0.15) is 11.3 Å². The van der Waals surface area contributed by atoms with E-state index in [4.69, 9.17) is 0 Å². The Labute approximate surface area is 95.3 Å². The summed E-state index contributed by atoms with van der Waals surface area (Å²) in [6.45, 7) is 0. The molecule has 2 rings (SSSR count). The van der Waals surface area contributed by atoms with Crippen LogP contribution < -0.4 is 0 Å². The van der Waals surface area contributed by atoms with Gasteiger partial charge >= 0.3 is 0 Å². The summed E-state index contributed by atoms with van der Waals surface area (Å²) in [5.41, 5.74) is 1.94. The van der Waals surface area contributed by atoms with Crippen LogP contribution in [0.25, 0.3) is 0 Å². The van der Waals surface area contributed by atoms with Crippen LogP contribution in [0.5, 0.6) is 0 Å². The molecule has 0 aliphatic carbocycles. The predicted molar refractivity (Wildman–Crippen MR) is 58.9 cm³/mol. The Morgan fingerprint density at radius 2 is 1.87 bits per heavy atom. The zero-order valence-corrected chi connectivity index (χ0v) is 9.41. The van der Waals surface area contributed by atoms with Gasteiger partial charge in [0.15, 0.2) is 4.73 Å². The van der Waals surface area contributed by atoms with Crippen molar-refractivity contribution in [3.05, 3.63) is 58.3 Å². The van der Waals surface area contributed by atoms with Crippen LogP contribution in [0, 0.1) is 5.82 Å². The summed E-state index contributed by atoms with van der Waals surface area (Å²) in [6, 6.07) is 8.25. The number of aromatic nitrogens is 2. The molecule has 15 heavy (non-hydrogen) atoms. The van der Waals surface area contributed by atoms with Gasteiger partial charge in [-0.15, -0.1) is 0 Å². The molecule has 0 saturated heterocycles. The molecule has 0 saturated carbocycles. The molecular weight excluding hydrogens is 259 g/mol. The third-order valence-electron chi connectivity index (χ3n) is 1.98. The highest BCUT2D eigenvalue weighted by Crippen LogP contribution is 2.09. The van der Waals surface area contributed by atoms with E-state index in [-0.39, 0.29) is 5.82 Å². The second kappa shape index (κ2) is 4.49. The van der Waals surface area contributed by atoms with E-state index in [1.54, 1.807) is 18.3 Å². The summed E-state index contributed by atoms with van der Waals surface area (Å²) in [4.78, 5) is 8.14. The van der Waals surface area contributed by atoms with Crippen LogP contribution in [-0.4, -0.2) is 9.97 Å². The zero-order valence-electron chi connectivity index (χ0n) is 7.82. The van der Waals surface area contributed by atoms with Gasteiger partial charge in [-0.2, -0.15) is 0 Å². The third kappa shape index (κ3) is 2.83. The van der Waals surface area contributed by atoms with Crippen molar-refractivity contribution in [2.45, 2.75) is 6.42 Å². The van der Waals surface area contributed by atoms with Crippen LogP contribution in [0.3, 0.4) is 0 Å². The summed E-state index contributed by atoms with van der Waals surface area (Å²) in [5, 5.41) is 0. The molecule has 1 aromatic carbocycles. The minimum absolute atomic E-state index is 0.220. The van der Waals surface area contributed by atoms with Gasteiger partial charge in [-0.25, -0.2) is 14.4 Å². The minimum Gasteiger partial charge on any atom is -0.231 e. The summed E-state index contributed by atoms with van der Waals surface area (Å²) < 4.78 is 13.2. The van der Waals surface area contributed by atoms with Crippen LogP contribution in [0.4, 0.5) is 4.39 Å². The molecule has 0 aliphatic heterocycles. The molecule has 2 aromatic rings. The molecule has 0 spiro atoms. The summed E-state index contributed by atoms with van der Waals surface area (Å²) in [6.07, 6.45) is 2.37. The Balaban J connectivity index is 2.18. The van der Waals surface area contributed by atoms with E-state index >= 15 is 0 Å². The fraction of sp³-hybridized carbons (Fsp3) is 0.0909. The van der Waals surface area contributed by atoms with E-state index in [2.05, 4.69) is 25.9 Å². The van der Waals surface area contributed by atoms with Gasteiger partial charge in [0.2, 0.25) is 0 Å².